The number of rotatable bonds is 5. The molecule has 1 aliphatic heterocycles. The highest BCUT2D eigenvalue weighted by atomic mass is 16.5. The monoisotopic (exact) mass is 354 g/mol. The maximum absolute atomic E-state index is 12.6. The number of amides is 2. The third-order valence-electron chi connectivity index (χ3n) is 4.62. The molecule has 0 unspecified atom stereocenters. The van der Waals surface area contributed by atoms with Crippen molar-refractivity contribution in [2.24, 2.45) is 11.1 Å². The number of nitrogens with zero attached hydrogens (tertiary/aromatic N) is 1. The van der Waals surface area contributed by atoms with E-state index in [1.165, 1.54) is 6.20 Å². The van der Waals surface area contributed by atoms with Gasteiger partial charge in [-0.05, 0) is 37.1 Å². The van der Waals surface area contributed by atoms with Gasteiger partial charge in [0.25, 0.3) is 5.91 Å². The Morgan fingerprint density at radius 3 is 2.42 bits per heavy atom. The predicted molar refractivity (Wildman–Crippen MR) is 98.8 cm³/mol. The molecule has 1 saturated heterocycles. The lowest BCUT2D eigenvalue weighted by Crippen LogP contribution is -2.46. The number of nitrogens with one attached hydrogen (secondary N) is 2. The highest BCUT2D eigenvalue weighted by Gasteiger charge is 2.38. The first-order chi connectivity index (χ1) is 12.6. The van der Waals surface area contributed by atoms with Gasteiger partial charge in [0.2, 0.25) is 5.91 Å². The molecule has 1 fully saturated rings. The molecular formula is C19H22N4O3. The van der Waals surface area contributed by atoms with Crippen molar-refractivity contribution in [3.8, 4) is 0 Å². The fourth-order valence-corrected chi connectivity index (χ4v) is 2.87. The quantitative estimate of drug-likeness (QED) is 0.762. The molecule has 1 aromatic carbocycles. The number of pyridine rings is 1. The third kappa shape index (κ3) is 4.07. The second kappa shape index (κ2) is 8.07. The number of hydrogen-bond acceptors (Lipinski definition) is 5. The maximum Gasteiger partial charge on any atom is 0.256 e. The van der Waals surface area contributed by atoms with Crippen molar-refractivity contribution in [1.29, 1.82) is 0 Å². The Labute approximate surface area is 151 Å². The minimum Gasteiger partial charge on any atom is -0.381 e. The van der Waals surface area contributed by atoms with Crippen LogP contribution in [0.2, 0.25) is 0 Å². The number of hydrogen-bond donors (Lipinski definition) is 3. The number of ether oxygens (including phenoxy) is 1. The standard InChI is InChI=1S/C19H22N4O3/c20-13-19(8-10-26-11-9-19)18(25)22-15-6-7-16(21-12-15)23-17(24)14-4-2-1-3-5-14/h1-7,12H,8-11,13,20H2,(H,22,25)(H,21,23,24). The molecule has 7 heteroatoms. The second-order valence-corrected chi connectivity index (χ2v) is 6.30. The van der Waals surface area contributed by atoms with Gasteiger partial charge in [0.1, 0.15) is 5.82 Å². The molecule has 2 heterocycles. The zero-order valence-corrected chi connectivity index (χ0v) is 14.4. The van der Waals surface area contributed by atoms with Crippen LogP contribution in [0, 0.1) is 5.41 Å². The van der Waals surface area contributed by atoms with Gasteiger partial charge in [0.15, 0.2) is 0 Å². The summed E-state index contributed by atoms with van der Waals surface area (Å²) in [5.41, 5.74) is 6.36. The van der Waals surface area contributed by atoms with E-state index >= 15 is 0 Å². The lowest BCUT2D eigenvalue weighted by atomic mass is 9.79. The summed E-state index contributed by atoms with van der Waals surface area (Å²) in [5.74, 6) is 0.0572. The average Bonchev–Trinajstić information content (AvgIpc) is 2.70. The number of aromatic nitrogens is 1. The lowest BCUT2D eigenvalue weighted by Gasteiger charge is -2.34. The summed E-state index contributed by atoms with van der Waals surface area (Å²) in [6.07, 6.45) is 2.73. The van der Waals surface area contributed by atoms with Crippen LogP contribution in [0.25, 0.3) is 0 Å². The van der Waals surface area contributed by atoms with E-state index in [-0.39, 0.29) is 18.4 Å². The summed E-state index contributed by atoms with van der Waals surface area (Å²) in [6.45, 7) is 1.35. The number of carbonyl (C=O) groups excluding carboxylic acids is 2. The smallest absolute Gasteiger partial charge is 0.256 e. The van der Waals surface area contributed by atoms with Crippen molar-refractivity contribution >= 4 is 23.3 Å². The van der Waals surface area contributed by atoms with E-state index in [0.717, 1.165) is 0 Å². The average molecular weight is 354 g/mol. The summed E-state index contributed by atoms with van der Waals surface area (Å²) >= 11 is 0. The van der Waals surface area contributed by atoms with Gasteiger partial charge in [-0.3, -0.25) is 9.59 Å². The molecule has 0 bridgehead atoms. The van der Waals surface area contributed by atoms with Crippen molar-refractivity contribution in [1.82, 2.24) is 4.98 Å². The molecule has 1 aromatic heterocycles. The zero-order valence-electron chi connectivity index (χ0n) is 14.4. The Hall–Kier alpha value is -2.77. The van der Waals surface area contributed by atoms with Crippen LogP contribution in [0.15, 0.2) is 48.7 Å². The van der Waals surface area contributed by atoms with Crippen molar-refractivity contribution in [3.63, 3.8) is 0 Å². The Morgan fingerprint density at radius 1 is 1.08 bits per heavy atom. The summed E-state index contributed by atoms with van der Waals surface area (Å²) in [5, 5.41) is 5.59. The van der Waals surface area contributed by atoms with Gasteiger partial charge in [-0.25, -0.2) is 4.98 Å². The van der Waals surface area contributed by atoms with Gasteiger partial charge < -0.3 is 21.1 Å². The van der Waals surface area contributed by atoms with Gasteiger partial charge in [0.05, 0.1) is 17.3 Å². The molecule has 2 aromatic rings. The molecule has 7 nitrogen and oxygen atoms in total. The fourth-order valence-electron chi connectivity index (χ4n) is 2.87. The molecule has 0 atom stereocenters. The Morgan fingerprint density at radius 2 is 1.81 bits per heavy atom. The molecule has 4 N–H and O–H groups in total. The minimum atomic E-state index is -0.599. The topological polar surface area (TPSA) is 106 Å². The first kappa shape index (κ1) is 18.0. The van der Waals surface area contributed by atoms with Crippen LogP contribution in [0.5, 0.6) is 0 Å². The summed E-state index contributed by atoms with van der Waals surface area (Å²) in [7, 11) is 0. The van der Waals surface area contributed by atoms with Crippen molar-refractivity contribution in [3.05, 3.63) is 54.2 Å². The van der Waals surface area contributed by atoms with Crippen LogP contribution in [-0.4, -0.2) is 36.6 Å². The first-order valence-corrected chi connectivity index (χ1v) is 8.55. The molecule has 3 rings (SSSR count). The molecule has 1 aliphatic rings. The molecule has 0 spiro atoms. The van der Waals surface area contributed by atoms with E-state index in [4.69, 9.17) is 10.5 Å². The molecule has 0 saturated carbocycles. The van der Waals surface area contributed by atoms with Crippen LogP contribution in [0.1, 0.15) is 23.2 Å². The van der Waals surface area contributed by atoms with Crippen LogP contribution in [-0.2, 0) is 9.53 Å². The molecule has 0 aliphatic carbocycles. The molecule has 136 valence electrons. The number of benzene rings is 1. The first-order valence-electron chi connectivity index (χ1n) is 8.55. The van der Waals surface area contributed by atoms with Gasteiger partial charge in [-0.15, -0.1) is 0 Å². The van der Waals surface area contributed by atoms with E-state index < -0.39 is 5.41 Å². The summed E-state index contributed by atoms with van der Waals surface area (Å²) < 4.78 is 5.33. The normalized spacial score (nSPS) is 15.9. The largest absolute Gasteiger partial charge is 0.381 e. The van der Waals surface area contributed by atoms with E-state index in [2.05, 4.69) is 15.6 Å². The Balaban J connectivity index is 1.62. The Kier molecular flexibility index (Phi) is 5.60. The molecule has 0 radical (unpaired) electrons. The lowest BCUT2D eigenvalue weighted by molar-refractivity contribution is -0.130. The fraction of sp³-hybridized carbons (Fsp3) is 0.316. The van der Waals surface area contributed by atoms with Crippen LogP contribution >= 0.6 is 0 Å². The van der Waals surface area contributed by atoms with Gasteiger partial charge in [0, 0.05) is 25.3 Å². The maximum atomic E-state index is 12.6. The van der Waals surface area contributed by atoms with Crippen molar-refractivity contribution < 1.29 is 14.3 Å². The summed E-state index contributed by atoms with van der Waals surface area (Å²) in [6, 6.07) is 12.2. The van der Waals surface area contributed by atoms with Crippen LogP contribution < -0.4 is 16.4 Å². The van der Waals surface area contributed by atoms with Crippen molar-refractivity contribution in [2.45, 2.75) is 12.8 Å². The summed E-state index contributed by atoms with van der Waals surface area (Å²) in [4.78, 5) is 28.9. The predicted octanol–water partition coefficient (Wildman–Crippen LogP) is 2.03. The highest BCUT2D eigenvalue weighted by molar-refractivity contribution is 6.03. The van der Waals surface area contributed by atoms with Gasteiger partial charge >= 0.3 is 0 Å². The van der Waals surface area contributed by atoms with E-state index in [0.29, 0.717) is 43.1 Å². The minimum absolute atomic E-state index is 0.119. The van der Waals surface area contributed by atoms with Gasteiger partial charge in [-0.1, -0.05) is 18.2 Å². The second-order valence-electron chi connectivity index (χ2n) is 6.30. The third-order valence-corrected chi connectivity index (χ3v) is 4.62. The van der Waals surface area contributed by atoms with Crippen molar-refractivity contribution in [2.75, 3.05) is 30.4 Å². The van der Waals surface area contributed by atoms with E-state index in [1.54, 1.807) is 36.4 Å². The molecular weight excluding hydrogens is 332 g/mol. The van der Waals surface area contributed by atoms with Gasteiger partial charge in [-0.2, -0.15) is 0 Å². The number of nitrogens with two attached hydrogens (primary N) is 1. The Bertz CT molecular complexity index is 756. The number of anilines is 2. The SMILES string of the molecule is NCC1(C(=O)Nc2ccc(NC(=O)c3ccccc3)nc2)CCOCC1. The van der Waals surface area contributed by atoms with E-state index in [1.807, 2.05) is 6.07 Å². The zero-order chi connectivity index (χ0) is 18.4. The number of carbonyl (C=O) groups is 2. The van der Waals surface area contributed by atoms with Crippen LogP contribution in [0.4, 0.5) is 11.5 Å². The highest BCUT2D eigenvalue weighted by Crippen LogP contribution is 2.30. The van der Waals surface area contributed by atoms with Crippen LogP contribution in [0.3, 0.4) is 0 Å². The molecule has 26 heavy (non-hydrogen) atoms. The van der Waals surface area contributed by atoms with E-state index in [9.17, 15) is 9.59 Å². The molecule has 2 amide bonds.